The number of nitrogens with two attached hydrogens (primary N) is 1. The second-order valence-corrected chi connectivity index (χ2v) is 4.51. The predicted octanol–water partition coefficient (Wildman–Crippen LogP) is 0.901. The fourth-order valence-corrected chi connectivity index (χ4v) is 1.84. The first-order valence-electron chi connectivity index (χ1n) is 5.34. The van der Waals surface area contributed by atoms with Crippen molar-refractivity contribution in [2.45, 2.75) is 6.42 Å². The zero-order valence-electron chi connectivity index (χ0n) is 9.80. The Morgan fingerprint density at radius 3 is 2.94 bits per heavy atom. The van der Waals surface area contributed by atoms with Gasteiger partial charge in [0.25, 0.3) is 5.91 Å². The van der Waals surface area contributed by atoms with Crippen LogP contribution in [0.2, 0.25) is 0 Å². The molecule has 0 bridgehead atoms. The van der Waals surface area contributed by atoms with Crippen molar-refractivity contribution in [1.82, 2.24) is 0 Å². The van der Waals surface area contributed by atoms with Gasteiger partial charge in [-0.05, 0) is 18.2 Å². The summed E-state index contributed by atoms with van der Waals surface area (Å²) in [6.45, 7) is 0.0175. The van der Waals surface area contributed by atoms with Crippen molar-refractivity contribution in [2.75, 3.05) is 18.6 Å². The van der Waals surface area contributed by atoms with Crippen LogP contribution in [-0.4, -0.2) is 30.3 Å². The number of benzene rings is 1. The molecule has 0 radical (unpaired) electrons. The highest BCUT2D eigenvalue weighted by Gasteiger charge is 2.23. The Morgan fingerprint density at radius 2 is 2.28 bits per heavy atom. The summed E-state index contributed by atoms with van der Waals surface area (Å²) in [5.74, 6) is 0.266. The van der Waals surface area contributed by atoms with E-state index in [1.165, 1.54) is 4.90 Å². The van der Waals surface area contributed by atoms with Crippen LogP contribution in [0, 0.1) is 0 Å². The third-order valence-electron chi connectivity index (χ3n) is 2.70. The fraction of sp³-hybridized carbons (Fsp3) is 0.250. The number of ketones is 1. The molecule has 1 aromatic rings. The Labute approximate surface area is 110 Å². The van der Waals surface area contributed by atoms with Gasteiger partial charge in [0.2, 0.25) is 0 Å². The predicted molar refractivity (Wildman–Crippen MR) is 71.1 cm³/mol. The third-order valence-corrected chi connectivity index (χ3v) is 2.85. The van der Waals surface area contributed by atoms with Gasteiger partial charge in [0.1, 0.15) is 5.75 Å². The molecule has 2 N–H and O–H groups in total. The highest BCUT2D eigenvalue weighted by molar-refractivity contribution is 7.80. The lowest BCUT2D eigenvalue weighted by atomic mass is 10.1. The second kappa shape index (κ2) is 4.73. The van der Waals surface area contributed by atoms with Gasteiger partial charge in [-0.2, -0.15) is 0 Å². The Hall–Kier alpha value is -1.95. The summed E-state index contributed by atoms with van der Waals surface area (Å²) in [4.78, 5) is 24.9. The number of carbonyl (C=O) groups excluding carboxylic acids is 2. The van der Waals surface area contributed by atoms with E-state index in [-0.39, 0.29) is 29.7 Å². The van der Waals surface area contributed by atoms with Crippen molar-refractivity contribution in [1.29, 1.82) is 0 Å². The van der Waals surface area contributed by atoms with E-state index in [0.29, 0.717) is 17.0 Å². The van der Waals surface area contributed by atoms with Crippen molar-refractivity contribution in [3.05, 3.63) is 23.8 Å². The number of carbonyl (C=O) groups is 2. The molecule has 1 aliphatic rings. The molecule has 0 saturated carbocycles. The number of ether oxygens (including phenoxy) is 1. The van der Waals surface area contributed by atoms with Crippen LogP contribution >= 0.6 is 12.2 Å². The van der Waals surface area contributed by atoms with Gasteiger partial charge in [0, 0.05) is 12.6 Å². The maximum absolute atomic E-state index is 11.8. The Bertz CT molecular complexity index is 542. The number of fused-ring (bicyclic) bond motifs is 1. The minimum absolute atomic E-state index is 0.0175. The van der Waals surface area contributed by atoms with Crippen LogP contribution in [0.15, 0.2) is 18.2 Å². The number of hydrogen-bond acceptors (Lipinski definition) is 4. The van der Waals surface area contributed by atoms with E-state index in [1.807, 2.05) is 0 Å². The molecule has 1 heterocycles. The molecule has 2 rings (SSSR count). The van der Waals surface area contributed by atoms with E-state index >= 15 is 0 Å². The standard InChI is InChI=1S/C12H12N2O3S/c1-14-8-4-7(9(15)5-11(13)18)2-3-10(8)17-6-12(14)16/h2-4H,5-6H2,1H3,(H2,13,18). The van der Waals surface area contributed by atoms with E-state index in [9.17, 15) is 9.59 Å². The lowest BCUT2D eigenvalue weighted by molar-refractivity contribution is -0.120. The van der Waals surface area contributed by atoms with Gasteiger partial charge in [0.05, 0.1) is 17.1 Å². The normalized spacial score (nSPS) is 13.8. The highest BCUT2D eigenvalue weighted by Crippen LogP contribution is 2.32. The first-order valence-corrected chi connectivity index (χ1v) is 5.75. The van der Waals surface area contributed by atoms with Crippen molar-refractivity contribution in [3.63, 3.8) is 0 Å². The number of Topliss-reactive ketones (excluding diaryl/α,β-unsaturated/α-hetero) is 1. The molecule has 18 heavy (non-hydrogen) atoms. The average molecular weight is 264 g/mol. The first-order chi connectivity index (χ1) is 8.49. The molecular formula is C12H12N2O3S. The lowest BCUT2D eigenvalue weighted by Crippen LogP contribution is -2.35. The van der Waals surface area contributed by atoms with Gasteiger partial charge in [-0.1, -0.05) is 12.2 Å². The van der Waals surface area contributed by atoms with Crippen LogP contribution in [0.25, 0.3) is 0 Å². The Balaban J connectivity index is 2.34. The van der Waals surface area contributed by atoms with Gasteiger partial charge in [0.15, 0.2) is 12.4 Å². The monoisotopic (exact) mass is 264 g/mol. The van der Waals surface area contributed by atoms with Gasteiger partial charge in [-0.3, -0.25) is 9.59 Å². The molecule has 1 amide bonds. The number of anilines is 1. The summed E-state index contributed by atoms with van der Waals surface area (Å²) in [6, 6.07) is 4.93. The van der Waals surface area contributed by atoms with Crippen LogP contribution in [0.1, 0.15) is 16.8 Å². The Morgan fingerprint density at radius 1 is 1.56 bits per heavy atom. The van der Waals surface area contributed by atoms with E-state index in [0.717, 1.165) is 0 Å². The number of rotatable bonds is 3. The fourth-order valence-electron chi connectivity index (χ4n) is 1.71. The summed E-state index contributed by atoms with van der Waals surface area (Å²) < 4.78 is 5.27. The number of hydrogen-bond donors (Lipinski definition) is 1. The van der Waals surface area contributed by atoms with Crippen LogP contribution < -0.4 is 15.4 Å². The molecule has 1 aliphatic heterocycles. The second-order valence-electron chi connectivity index (χ2n) is 3.99. The van der Waals surface area contributed by atoms with Crippen LogP contribution in [-0.2, 0) is 4.79 Å². The number of likely N-dealkylation sites (N-methyl/N-ethyl adjacent to an activating group) is 1. The van der Waals surface area contributed by atoms with Gasteiger partial charge in [-0.15, -0.1) is 0 Å². The van der Waals surface area contributed by atoms with Crippen LogP contribution in [0.5, 0.6) is 5.75 Å². The molecule has 0 aliphatic carbocycles. The minimum Gasteiger partial charge on any atom is -0.482 e. The van der Waals surface area contributed by atoms with E-state index in [4.69, 9.17) is 22.7 Å². The molecule has 0 atom stereocenters. The maximum atomic E-state index is 11.8. The number of amides is 1. The largest absolute Gasteiger partial charge is 0.482 e. The van der Waals surface area contributed by atoms with Gasteiger partial charge in [-0.25, -0.2) is 0 Å². The summed E-state index contributed by atoms with van der Waals surface area (Å²) in [5.41, 5.74) is 6.39. The molecule has 5 nitrogen and oxygen atoms in total. The van der Waals surface area contributed by atoms with Crippen molar-refractivity contribution < 1.29 is 14.3 Å². The summed E-state index contributed by atoms with van der Waals surface area (Å²) in [6.07, 6.45) is 0.0205. The number of nitrogens with zero attached hydrogens (tertiary/aromatic N) is 1. The molecule has 0 spiro atoms. The number of thiocarbonyl (C=S) groups is 1. The summed E-state index contributed by atoms with van der Waals surface area (Å²) >= 11 is 4.70. The molecule has 94 valence electrons. The summed E-state index contributed by atoms with van der Waals surface area (Å²) in [5, 5.41) is 0. The topological polar surface area (TPSA) is 72.6 Å². The molecule has 0 unspecified atom stereocenters. The highest BCUT2D eigenvalue weighted by atomic mass is 32.1. The minimum atomic E-state index is -0.170. The van der Waals surface area contributed by atoms with Crippen molar-refractivity contribution >= 4 is 34.6 Å². The van der Waals surface area contributed by atoms with Crippen molar-refractivity contribution in [3.8, 4) is 5.75 Å². The Kier molecular flexibility index (Phi) is 3.29. The zero-order valence-corrected chi connectivity index (χ0v) is 10.6. The first kappa shape index (κ1) is 12.5. The smallest absolute Gasteiger partial charge is 0.264 e. The van der Waals surface area contributed by atoms with Gasteiger partial charge >= 0.3 is 0 Å². The molecule has 0 aromatic heterocycles. The maximum Gasteiger partial charge on any atom is 0.264 e. The van der Waals surface area contributed by atoms with Crippen molar-refractivity contribution in [2.24, 2.45) is 5.73 Å². The molecule has 1 aromatic carbocycles. The van der Waals surface area contributed by atoms with Gasteiger partial charge < -0.3 is 15.4 Å². The van der Waals surface area contributed by atoms with Crippen LogP contribution in [0.4, 0.5) is 5.69 Å². The average Bonchev–Trinajstić information content (AvgIpc) is 2.33. The lowest BCUT2D eigenvalue weighted by Gasteiger charge is -2.26. The molecule has 6 heteroatoms. The molecule has 0 fully saturated rings. The van der Waals surface area contributed by atoms with E-state index in [1.54, 1.807) is 25.2 Å². The molecular weight excluding hydrogens is 252 g/mol. The third kappa shape index (κ3) is 2.33. The quantitative estimate of drug-likeness (QED) is 0.648. The molecule has 0 saturated heterocycles. The summed E-state index contributed by atoms with van der Waals surface area (Å²) in [7, 11) is 1.64. The van der Waals surface area contributed by atoms with E-state index in [2.05, 4.69) is 0 Å². The van der Waals surface area contributed by atoms with Crippen LogP contribution in [0.3, 0.4) is 0 Å². The van der Waals surface area contributed by atoms with E-state index < -0.39 is 0 Å². The zero-order chi connectivity index (χ0) is 13.3. The SMILES string of the molecule is CN1C(=O)COc2ccc(C(=O)CC(N)=S)cc21.